The zero-order valence-corrected chi connectivity index (χ0v) is 19.0. The number of rotatable bonds is 8. The van der Waals surface area contributed by atoms with Crippen LogP contribution < -0.4 is 11.0 Å². The van der Waals surface area contributed by atoms with Gasteiger partial charge in [-0.2, -0.15) is 31.7 Å². The van der Waals surface area contributed by atoms with Gasteiger partial charge in [0.05, 0.1) is 0 Å². The van der Waals surface area contributed by atoms with Crippen molar-refractivity contribution in [3.8, 4) is 23.5 Å². The molecule has 0 amide bonds. The molecule has 192 valence electrons. The summed E-state index contributed by atoms with van der Waals surface area (Å²) in [6.45, 7) is 0. The van der Waals surface area contributed by atoms with Crippen molar-refractivity contribution < 1.29 is 40.2 Å². The summed E-state index contributed by atoms with van der Waals surface area (Å²) in [7, 11) is -3.19. The van der Waals surface area contributed by atoms with Gasteiger partial charge >= 0.3 is 8.25 Å². The molecule has 0 unspecified atom stereocenters. The van der Waals surface area contributed by atoms with E-state index in [9.17, 15) is 30.9 Å². The number of hydrogen-bond acceptors (Lipinski definition) is 9. The van der Waals surface area contributed by atoms with Crippen molar-refractivity contribution in [1.29, 1.82) is 10.5 Å². The van der Waals surface area contributed by atoms with E-state index in [1.54, 1.807) is 12.1 Å². The summed E-state index contributed by atoms with van der Waals surface area (Å²) in [5.41, 5.74) is 2.17. The van der Waals surface area contributed by atoms with Crippen LogP contribution in [0.1, 0.15) is 11.4 Å². The lowest BCUT2D eigenvalue weighted by Crippen LogP contribution is -2.10. The van der Waals surface area contributed by atoms with E-state index >= 15 is 0 Å². The molecule has 0 aliphatic heterocycles. The van der Waals surface area contributed by atoms with Crippen LogP contribution in [0.15, 0.2) is 36.4 Å². The standard InChI is InChI=1S/C20H8F6N8O3P/c21-11-1-3-13(19(25)17(11)23)33-15(5-9(7-27)29-33)31-36-38(35)37-32-16-6-10(8-28)30-34(16)14-4-2-12(22)18(24)20(14)26/h1-6,31-32H/q+1. The molecule has 2 heterocycles. The number of aromatic nitrogens is 4. The first-order valence-corrected chi connectivity index (χ1v) is 10.9. The molecular formula is C20H8F6N8O3P+. The Bertz CT molecular complexity index is 1540. The van der Waals surface area contributed by atoms with E-state index in [2.05, 4.69) is 10.2 Å². The Morgan fingerprint density at radius 1 is 0.711 bits per heavy atom. The SMILES string of the molecule is N#Cc1cc(NO[P+](=O)ONc2cc(C#N)nn2-c2ccc(F)c(F)c2F)n(-c2ccc(F)c(F)c2F)n1. The highest BCUT2D eigenvalue weighted by molar-refractivity contribution is 7.33. The number of hydrogen-bond donors (Lipinski definition) is 2. The maximum Gasteiger partial charge on any atom is 0.746 e. The quantitative estimate of drug-likeness (QED) is 0.138. The molecule has 0 saturated heterocycles. The molecule has 18 heteroatoms. The van der Waals surface area contributed by atoms with Gasteiger partial charge in [0.1, 0.15) is 23.5 Å². The molecule has 2 aromatic heterocycles. The average Bonchev–Trinajstić information content (AvgIpc) is 3.52. The Morgan fingerprint density at radius 3 is 1.47 bits per heavy atom. The van der Waals surface area contributed by atoms with Crippen molar-refractivity contribution in [3.63, 3.8) is 0 Å². The van der Waals surface area contributed by atoms with E-state index in [0.717, 1.165) is 24.3 Å². The number of nitriles is 2. The molecule has 0 radical (unpaired) electrons. The maximum absolute atomic E-state index is 14.2. The molecule has 0 atom stereocenters. The molecule has 0 fully saturated rings. The van der Waals surface area contributed by atoms with Crippen LogP contribution in [0.25, 0.3) is 11.4 Å². The van der Waals surface area contributed by atoms with Crippen LogP contribution in [-0.4, -0.2) is 19.6 Å². The summed E-state index contributed by atoms with van der Waals surface area (Å²) in [4.78, 5) is 0. The lowest BCUT2D eigenvalue weighted by Gasteiger charge is -2.08. The first kappa shape index (κ1) is 26.1. The predicted octanol–water partition coefficient (Wildman–Crippen LogP) is 4.68. The van der Waals surface area contributed by atoms with Crippen LogP contribution in [0.2, 0.25) is 0 Å². The topological polar surface area (TPSA) is 143 Å². The van der Waals surface area contributed by atoms with Crippen LogP contribution in [0.4, 0.5) is 38.0 Å². The number of halogens is 6. The molecule has 0 saturated carbocycles. The summed E-state index contributed by atoms with van der Waals surface area (Å²) in [6.07, 6.45) is 0. The van der Waals surface area contributed by atoms with Crippen molar-refractivity contribution in [3.05, 3.63) is 82.7 Å². The van der Waals surface area contributed by atoms with Crippen molar-refractivity contribution in [2.45, 2.75) is 0 Å². The van der Waals surface area contributed by atoms with E-state index in [1.807, 2.05) is 11.0 Å². The maximum atomic E-state index is 14.2. The van der Waals surface area contributed by atoms with Crippen LogP contribution >= 0.6 is 8.25 Å². The van der Waals surface area contributed by atoms with Gasteiger partial charge in [0.25, 0.3) is 0 Å². The Kier molecular flexibility index (Phi) is 7.26. The second-order valence-electron chi connectivity index (χ2n) is 6.88. The van der Waals surface area contributed by atoms with E-state index in [1.165, 1.54) is 0 Å². The fourth-order valence-electron chi connectivity index (χ4n) is 2.93. The fourth-order valence-corrected chi connectivity index (χ4v) is 3.30. The van der Waals surface area contributed by atoms with Gasteiger partial charge in [-0.05, 0) is 24.3 Å². The zero-order valence-electron chi connectivity index (χ0n) is 18.1. The molecule has 2 N–H and O–H groups in total. The van der Waals surface area contributed by atoms with E-state index in [4.69, 9.17) is 19.8 Å². The molecule has 0 bridgehead atoms. The molecule has 4 rings (SSSR count). The second-order valence-corrected chi connectivity index (χ2v) is 7.69. The smallest absolute Gasteiger partial charge is 0.211 e. The van der Waals surface area contributed by atoms with Gasteiger partial charge in [-0.15, -0.1) is 0 Å². The third kappa shape index (κ3) is 4.97. The summed E-state index contributed by atoms with van der Waals surface area (Å²) in [5.74, 6) is -10.6. The molecule has 4 aromatic rings. The number of nitrogens with zero attached hydrogens (tertiary/aromatic N) is 6. The number of anilines is 2. The van der Waals surface area contributed by atoms with Crippen LogP contribution in [0.3, 0.4) is 0 Å². The first-order valence-electron chi connectivity index (χ1n) is 9.75. The Labute approximate surface area is 207 Å². The van der Waals surface area contributed by atoms with Crippen molar-refractivity contribution >= 4 is 19.9 Å². The predicted molar refractivity (Wildman–Crippen MR) is 113 cm³/mol. The van der Waals surface area contributed by atoms with Crippen LogP contribution in [-0.2, 0) is 13.8 Å². The third-order valence-corrected chi connectivity index (χ3v) is 5.06. The van der Waals surface area contributed by atoms with Crippen molar-refractivity contribution in [2.24, 2.45) is 0 Å². The molecule has 0 aliphatic rings. The Hall–Kier alpha value is -4.96. The highest BCUT2D eigenvalue weighted by atomic mass is 31.1. The minimum absolute atomic E-state index is 0.323. The van der Waals surface area contributed by atoms with Crippen molar-refractivity contribution in [2.75, 3.05) is 11.0 Å². The minimum atomic E-state index is -3.19. The molecule has 2 aromatic carbocycles. The van der Waals surface area contributed by atoms with Gasteiger partial charge in [-0.25, -0.2) is 35.7 Å². The van der Waals surface area contributed by atoms with Gasteiger partial charge in [0, 0.05) is 25.9 Å². The fraction of sp³-hybridized carbons (Fsp3) is 0. The third-order valence-electron chi connectivity index (χ3n) is 4.58. The molecule has 0 aliphatic carbocycles. The minimum Gasteiger partial charge on any atom is -0.211 e. The van der Waals surface area contributed by atoms with Gasteiger partial charge < -0.3 is 0 Å². The van der Waals surface area contributed by atoms with Gasteiger partial charge in [0.2, 0.25) is 0 Å². The summed E-state index contributed by atoms with van der Waals surface area (Å²) >= 11 is 0. The van der Waals surface area contributed by atoms with Crippen molar-refractivity contribution in [1.82, 2.24) is 19.6 Å². The lowest BCUT2D eigenvalue weighted by molar-refractivity contribution is 0.292. The highest BCUT2D eigenvalue weighted by Gasteiger charge is 2.27. The molecule has 0 spiro atoms. The number of benzene rings is 2. The largest absolute Gasteiger partial charge is 0.746 e. The van der Waals surface area contributed by atoms with Gasteiger partial charge in [-0.1, -0.05) is 0 Å². The zero-order chi connectivity index (χ0) is 27.6. The van der Waals surface area contributed by atoms with E-state index < -0.39 is 54.5 Å². The monoisotopic (exact) mass is 553 g/mol. The first-order chi connectivity index (χ1) is 18.1. The Morgan fingerprint density at radius 2 is 1.11 bits per heavy atom. The average molecular weight is 553 g/mol. The van der Waals surface area contributed by atoms with Crippen LogP contribution in [0.5, 0.6) is 0 Å². The molecule has 38 heavy (non-hydrogen) atoms. The lowest BCUT2D eigenvalue weighted by atomic mass is 10.3. The van der Waals surface area contributed by atoms with Crippen LogP contribution in [0, 0.1) is 57.6 Å². The second kappa shape index (κ2) is 10.6. The molecule has 11 nitrogen and oxygen atoms in total. The van der Waals surface area contributed by atoms with Gasteiger partial charge in [0.15, 0.2) is 57.9 Å². The highest BCUT2D eigenvalue weighted by Crippen LogP contribution is 2.29. The summed E-state index contributed by atoms with van der Waals surface area (Å²) in [5, 5.41) is 25.5. The van der Waals surface area contributed by atoms with E-state index in [0.29, 0.717) is 21.5 Å². The summed E-state index contributed by atoms with van der Waals surface area (Å²) in [6, 6.07) is 8.07. The van der Waals surface area contributed by atoms with Gasteiger partial charge in [-0.3, -0.25) is 0 Å². The normalized spacial score (nSPS) is 10.6. The molecular weight excluding hydrogens is 545 g/mol. The Balaban J connectivity index is 1.51. The number of nitrogens with one attached hydrogen (secondary N) is 2. The van der Waals surface area contributed by atoms with E-state index in [-0.39, 0.29) is 23.0 Å². The summed E-state index contributed by atoms with van der Waals surface area (Å²) < 4.78 is 105.